The molecule has 1 fully saturated rings. The van der Waals surface area contributed by atoms with Gasteiger partial charge >= 0.3 is 0 Å². The molecular weight excluding hydrogens is 378 g/mol. The molecule has 1 aliphatic heterocycles. The van der Waals surface area contributed by atoms with E-state index in [2.05, 4.69) is 5.32 Å². The van der Waals surface area contributed by atoms with Crippen LogP contribution < -0.4 is 10.1 Å². The third-order valence-corrected chi connectivity index (χ3v) is 6.65. The second-order valence-electron chi connectivity index (χ2n) is 6.74. The minimum absolute atomic E-state index is 0.153. The van der Waals surface area contributed by atoms with Crippen molar-refractivity contribution in [2.75, 3.05) is 45.2 Å². The summed E-state index contributed by atoms with van der Waals surface area (Å²) in [6, 6.07) is 14.1. The summed E-state index contributed by atoms with van der Waals surface area (Å²) < 4.78 is 32.2. The van der Waals surface area contributed by atoms with Gasteiger partial charge < -0.3 is 10.1 Å². The molecule has 3 rings (SSSR count). The summed E-state index contributed by atoms with van der Waals surface area (Å²) in [6.45, 7) is 3.85. The second kappa shape index (κ2) is 8.72. The number of nitrogens with zero attached hydrogens (tertiary/aromatic N) is 2. The van der Waals surface area contributed by atoms with Crippen LogP contribution in [0.1, 0.15) is 5.56 Å². The van der Waals surface area contributed by atoms with Gasteiger partial charge in [-0.2, -0.15) is 4.31 Å². The van der Waals surface area contributed by atoms with Gasteiger partial charge in [-0.05, 0) is 31.2 Å². The lowest BCUT2D eigenvalue weighted by molar-refractivity contribution is -0.117. The van der Waals surface area contributed by atoms with Crippen molar-refractivity contribution in [2.24, 2.45) is 0 Å². The maximum absolute atomic E-state index is 12.8. The number of benzene rings is 2. The van der Waals surface area contributed by atoms with Gasteiger partial charge in [-0.3, -0.25) is 9.69 Å². The van der Waals surface area contributed by atoms with E-state index < -0.39 is 10.0 Å². The Balaban J connectivity index is 1.55. The zero-order valence-electron chi connectivity index (χ0n) is 16.1. The minimum Gasteiger partial charge on any atom is -0.495 e. The number of hydrogen-bond donors (Lipinski definition) is 1. The third kappa shape index (κ3) is 4.70. The quantitative estimate of drug-likeness (QED) is 0.798. The Hall–Kier alpha value is -2.42. The van der Waals surface area contributed by atoms with Crippen LogP contribution in [0.25, 0.3) is 0 Å². The molecule has 1 heterocycles. The van der Waals surface area contributed by atoms with Gasteiger partial charge in [0.2, 0.25) is 15.9 Å². The fourth-order valence-electron chi connectivity index (χ4n) is 3.13. The monoisotopic (exact) mass is 403 g/mol. The van der Waals surface area contributed by atoms with E-state index in [1.54, 1.807) is 43.5 Å². The van der Waals surface area contributed by atoms with Crippen LogP contribution in [-0.2, 0) is 14.8 Å². The fraction of sp³-hybridized carbons (Fsp3) is 0.350. The van der Waals surface area contributed by atoms with Crippen LogP contribution in [0.4, 0.5) is 5.69 Å². The van der Waals surface area contributed by atoms with E-state index in [9.17, 15) is 13.2 Å². The Morgan fingerprint density at radius 3 is 2.32 bits per heavy atom. The number of sulfonamides is 1. The normalized spacial score (nSPS) is 15.9. The second-order valence-corrected chi connectivity index (χ2v) is 8.68. The number of anilines is 1. The van der Waals surface area contributed by atoms with Crippen molar-refractivity contribution in [1.82, 2.24) is 9.21 Å². The number of piperazine rings is 1. The molecule has 150 valence electrons. The van der Waals surface area contributed by atoms with Crippen molar-refractivity contribution < 1.29 is 17.9 Å². The molecule has 1 N–H and O–H groups in total. The van der Waals surface area contributed by atoms with E-state index >= 15 is 0 Å². The molecule has 0 spiro atoms. The molecule has 0 atom stereocenters. The summed E-state index contributed by atoms with van der Waals surface area (Å²) in [5, 5.41) is 2.84. The zero-order chi connectivity index (χ0) is 20.1. The van der Waals surface area contributed by atoms with E-state index in [-0.39, 0.29) is 12.5 Å². The van der Waals surface area contributed by atoms with Crippen LogP contribution in [0, 0.1) is 6.92 Å². The smallest absolute Gasteiger partial charge is 0.243 e. The number of hydrogen-bond acceptors (Lipinski definition) is 5. The summed E-state index contributed by atoms with van der Waals surface area (Å²) in [5.74, 6) is 0.448. The highest BCUT2D eigenvalue weighted by molar-refractivity contribution is 7.89. The summed E-state index contributed by atoms with van der Waals surface area (Å²) in [4.78, 5) is 14.6. The van der Waals surface area contributed by atoms with Gasteiger partial charge in [-0.25, -0.2) is 8.42 Å². The highest BCUT2D eigenvalue weighted by atomic mass is 32.2. The van der Waals surface area contributed by atoms with E-state index in [0.717, 1.165) is 5.56 Å². The molecule has 7 nitrogen and oxygen atoms in total. The lowest BCUT2D eigenvalue weighted by Gasteiger charge is -2.33. The van der Waals surface area contributed by atoms with Crippen LogP contribution in [0.3, 0.4) is 0 Å². The fourth-order valence-corrected chi connectivity index (χ4v) is 4.55. The predicted octanol–water partition coefficient (Wildman–Crippen LogP) is 1.95. The Bertz CT molecular complexity index is 921. The molecule has 0 unspecified atom stereocenters. The molecule has 1 aliphatic rings. The van der Waals surface area contributed by atoms with Crippen molar-refractivity contribution in [2.45, 2.75) is 11.8 Å². The maximum atomic E-state index is 12.8. The lowest BCUT2D eigenvalue weighted by Crippen LogP contribution is -2.50. The lowest BCUT2D eigenvalue weighted by atomic mass is 10.2. The number of nitrogens with one attached hydrogen (secondary N) is 1. The van der Waals surface area contributed by atoms with Gasteiger partial charge in [0.1, 0.15) is 5.75 Å². The number of aryl methyl sites for hydroxylation is 1. The van der Waals surface area contributed by atoms with Crippen LogP contribution >= 0.6 is 0 Å². The van der Waals surface area contributed by atoms with Gasteiger partial charge in [0.05, 0.1) is 24.2 Å². The van der Waals surface area contributed by atoms with Gasteiger partial charge in [-0.1, -0.05) is 29.8 Å². The molecule has 28 heavy (non-hydrogen) atoms. The number of carbonyl (C=O) groups is 1. The van der Waals surface area contributed by atoms with Gasteiger partial charge in [0, 0.05) is 26.2 Å². The molecule has 0 radical (unpaired) electrons. The van der Waals surface area contributed by atoms with Crippen molar-refractivity contribution in [3.8, 4) is 5.75 Å². The summed E-state index contributed by atoms with van der Waals surface area (Å²) in [6.07, 6.45) is 0. The van der Waals surface area contributed by atoms with Crippen LogP contribution in [0.5, 0.6) is 5.75 Å². The van der Waals surface area contributed by atoms with E-state index in [1.807, 2.05) is 24.0 Å². The van der Waals surface area contributed by atoms with E-state index in [0.29, 0.717) is 42.5 Å². The number of ether oxygens (including phenoxy) is 1. The summed E-state index contributed by atoms with van der Waals surface area (Å²) in [7, 11) is -1.94. The molecule has 1 saturated heterocycles. The van der Waals surface area contributed by atoms with Crippen molar-refractivity contribution in [3.05, 3.63) is 54.1 Å². The number of rotatable bonds is 6. The highest BCUT2D eigenvalue weighted by Crippen LogP contribution is 2.23. The Morgan fingerprint density at radius 2 is 1.68 bits per heavy atom. The maximum Gasteiger partial charge on any atom is 0.243 e. The van der Waals surface area contributed by atoms with Gasteiger partial charge in [0.25, 0.3) is 0 Å². The molecular formula is C20H25N3O4S. The first kappa shape index (κ1) is 20.3. The first-order valence-electron chi connectivity index (χ1n) is 9.12. The molecule has 1 amide bonds. The largest absolute Gasteiger partial charge is 0.495 e. The Labute approximate surface area is 166 Å². The van der Waals surface area contributed by atoms with Gasteiger partial charge in [0.15, 0.2) is 0 Å². The van der Waals surface area contributed by atoms with Gasteiger partial charge in [-0.15, -0.1) is 0 Å². The zero-order valence-corrected chi connectivity index (χ0v) is 16.9. The van der Waals surface area contributed by atoms with Crippen molar-refractivity contribution in [1.29, 1.82) is 0 Å². The highest BCUT2D eigenvalue weighted by Gasteiger charge is 2.29. The van der Waals surface area contributed by atoms with Crippen molar-refractivity contribution in [3.63, 3.8) is 0 Å². The molecule has 0 saturated carbocycles. The average molecular weight is 404 g/mol. The first-order valence-corrected chi connectivity index (χ1v) is 10.6. The number of carbonyl (C=O) groups excluding carboxylic acids is 1. The molecule has 0 aromatic heterocycles. The van der Waals surface area contributed by atoms with Crippen LogP contribution in [-0.4, -0.2) is 63.4 Å². The van der Waals surface area contributed by atoms with Crippen molar-refractivity contribution >= 4 is 21.6 Å². The Morgan fingerprint density at radius 1 is 1.04 bits per heavy atom. The summed E-state index contributed by atoms with van der Waals surface area (Å²) in [5.41, 5.74) is 1.64. The number of amides is 1. The molecule has 2 aromatic rings. The number of methoxy groups -OCH3 is 1. The van der Waals surface area contributed by atoms with Crippen LogP contribution in [0.2, 0.25) is 0 Å². The predicted molar refractivity (Wildman–Crippen MR) is 108 cm³/mol. The van der Waals surface area contributed by atoms with E-state index in [4.69, 9.17) is 4.74 Å². The van der Waals surface area contributed by atoms with Crippen LogP contribution in [0.15, 0.2) is 53.4 Å². The molecule has 8 heteroatoms. The topological polar surface area (TPSA) is 79.0 Å². The summed E-state index contributed by atoms with van der Waals surface area (Å²) >= 11 is 0. The minimum atomic E-state index is -3.50. The average Bonchev–Trinajstić information content (AvgIpc) is 2.69. The SMILES string of the molecule is COc1ccccc1NC(=O)CN1CCN(S(=O)(=O)c2ccc(C)cc2)CC1. The third-order valence-electron chi connectivity index (χ3n) is 4.74. The molecule has 2 aromatic carbocycles. The Kier molecular flexibility index (Phi) is 6.33. The molecule has 0 bridgehead atoms. The van der Waals surface area contributed by atoms with E-state index in [1.165, 1.54) is 4.31 Å². The number of para-hydroxylation sites is 2. The molecule has 0 aliphatic carbocycles. The standard InChI is InChI=1S/C20H25N3O4S/c1-16-7-9-17(10-8-16)28(25,26)23-13-11-22(12-14-23)15-20(24)21-18-5-3-4-6-19(18)27-2/h3-10H,11-15H2,1-2H3,(H,21,24). The first-order chi connectivity index (χ1) is 13.4.